The first kappa shape index (κ1) is 14.0. The summed E-state index contributed by atoms with van der Waals surface area (Å²) in [6, 6.07) is 15.2. The van der Waals surface area contributed by atoms with E-state index in [0.717, 1.165) is 16.9 Å². The lowest BCUT2D eigenvalue weighted by atomic mass is 9.95. The molecule has 2 aromatic rings. The minimum atomic E-state index is -0.286. The summed E-state index contributed by atoms with van der Waals surface area (Å²) >= 11 is 5.92. The third-order valence-electron chi connectivity index (χ3n) is 3.51. The zero-order valence-electron chi connectivity index (χ0n) is 11.6. The second-order valence-corrected chi connectivity index (χ2v) is 5.47. The minimum absolute atomic E-state index is 0.151. The van der Waals surface area contributed by atoms with Crippen molar-refractivity contribution in [3.8, 4) is 5.75 Å². The van der Waals surface area contributed by atoms with E-state index in [-0.39, 0.29) is 18.2 Å². The summed E-state index contributed by atoms with van der Waals surface area (Å²) < 4.78 is 11.5. The van der Waals surface area contributed by atoms with Crippen molar-refractivity contribution < 1.29 is 14.3 Å². The van der Waals surface area contributed by atoms with Crippen molar-refractivity contribution in [2.24, 2.45) is 0 Å². The van der Waals surface area contributed by atoms with Gasteiger partial charge in [-0.15, -0.1) is 0 Å². The Morgan fingerprint density at radius 1 is 1.19 bits per heavy atom. The van der Waals surface area contributed by atoms with E-state index in [1.165, 1.54) is 6.92 Å². The number of hydrogen-bond acceptors (Lipinski definition) is 3. The quantitative estimate of drug-likeness (QED) is 0.768. The number of halogens is 1. The molecule has 1 heterocycles. The fraction of sp³-hybridized carbons (Fsp3) is 0.235. The van der Waals surface area contributed by atoms with Gasteiger partial charge < -0.3 is 9.47 Å². The molecule has 0 spiro atoms. The van der Waals surface area contributed by atoms with Gasteiger partial charge in [0.1, 0.15) is 18.0 Å². The van der Waals surface area contributed by atoms with Crippen LogP contribution in [-0.4, -0.2) is 5.97 Å². The van der Waals surface area contributed by atoms with Crippen LogP contribution < -0.4 is 4.74 Å². The molecule has 0 fully saturated rings. The molecule has 0 radical (unpaired) electrons. The van der Waals surface area contributed by atoms with Crippen molar-refractivity contribution in [2.45, 2.75) is 25.6 Å². The molecule has 0 amide bonds. The van der Waals surface area contributed by atoms with Gasteiger partial charge in [-0.05, 0) is 23.8 Å². The van der Waals surface area contributed by atoms with Gasteiger partial charge in [0.05, 0.1) is 0 Å². The topological polar surface area (TPSA) is 35.5 Å². The van der Waals surface area contributed by atoms with Gasteiger partial charge in [0.2, 0.25) is 0 Å². The zero-order valence-corrected chi connectivity index (χ0v) is 12.3. The number of carbonyl (C=O) groups excluding carboxylic acids is 1. The lowest BCUT2D eigenvalue weighted by Gasteiger charge is -2.32. The van der Waals surface area contributed by atoms with Gasteiger partial charge in [-0.1, -0.05) is 41.9 Å². The maximum Gasteiger partial charge on any atom is 0.303 e. The molecule has 0 aromatic heterocycles. The molecule has 0 aliphatic carbocycles. The van der Waals surface area contributed by atoms with Crippen molar-refractivity contribution >= 4 is 17.6 Å². The van der Waals surface area contributed by atoms with E-state index in [0.29, 0.717) is 11.4 Å². The molecule has 0 bridgehead atoms. The van der Waals surface area contributed by atoms with Crippen LogP contribution in [0.25, 0.3) is 0 Å². The summed E-state index contributed by atoms with van der Waals surface area (Å²) in [5.41, 5.74) is 1.93. The Morgan fingerprint density at radius 3 is 2.62 bits per heavy atom. The Bertz CT molecular complexity index is 651. The fourth-order valence-corrected chi connectivity index (χ4v) is 2.70. The molecule has 2 atom stereocenters. The van der Waals surface area contributed by atoms with Crippen molar-refractivity contribution in [1.29, 1.82) is 0 Å². The molecule has 0 saturated carbocycles. The maximum absolute atomic E-state index is 11.3. The standard InChI is InChI=1S/C17H15ClO3/c1-11(19)20-17-10-16(12-6-8-13(18)9-7-12)21-15-5-3-2-4-14(15)17/h2-9,16-17H,10H2,1H3/t16-,17-/m1/s1. The van der Waals surface area contributed by atoms with Crippen LogP contribution in [0.1, 0.15) is 36.7 Å². The van der Waals surface area contributed by atoms with Gasteiger partial charge in [0.25, 0.3) is 0 Å². The summed E-state index contributed by atoms with van der Waals surface area (Å²) in [7, 11) is 0. The number of benzene rings is 2. The summed E-state index contributed by atoms with van der Waals surface area (Å²) in [6.07, 6.45) is 0.160. The SMILES string of the molecule is CC(=O)O[C@@H]1C[C@H](c2ccc(Cl)cc2)Oc2ccccc21. The largest absolute Gasteiger partial charge is 0.485 e. The van der Waals surface area contributed by atoms with Gasteiger partial charge in [-0.2, -0.15) is 0 Å². The fourth-order valence-electron chi connectivity index (χ4n) is 2.57. The first-order chi connectivity index (χ1) is 10.1. The Morgan fingerprint density at radius 2 is 1.90 bits per heavy atom. The summed E-state index contributed by atoms with van der Waals surface area (Å²) in [6.45, 7) is 1.43. The smallest absolute Gasteiger partial charge is 0.303 e. The monoisotopic (exact) mass is 302 g/mol. The van der Waals surface area contributed by atoms with Crippen LogP contribution in [0.5, 0.6) is 5.75 Å². The Labute approximate surface area is 128 Å². The lowest BCUT2D eigenvalue weighted by molar-refractivity contribution is -0.149. The highest BCUT2D eigenvalue weighted by atomic mass is 35.5. The van der Waals surface area contributed by atoms with E-state index in [2.05, 4.69) is 0 Å². The number of rotatable bonds is 2. The Hall–Kier alpha value is -2.00. The van der Waals surface area contributed by atoms with Crippen LogP contribution in [0.4, 0.5) is 0 Å². The van der Waals surface area contributed by atoms with Crippen molar-refractivity contribution in [3.05, 3.63) is 64.7 Å². The van der Waals surface area contributed by atoms with Gasteiger partial charge in [-0.3, -0.25) is 4.79 Å². The van der Waals surface area contributed by atoms with Crippen molar-refractivity contribution in [3.63, 3.8) is 0 Å². The number of carbonyl (C=O) groups is 1. The molecule has 21 heavy (non-hydrogen) atoms. The maximum atomic E-state index is 11.3. The van der Waals surface area contributed by atoms with Gasteiger partial charge in [0.15, 0.2) is 0 Å². The Kier molecular flexibility index (Phi) is 3.84. The number of para-hydroxylation sites is 1. The highest BCUT2D eigenvalue weighted by Crippen LogP contribution is 2.42. The first-order valence-electron chi connectivity index (χ1n) is 6.82. The van der Waals surface area contributed by atoms with E-state index in [9.17, 15) is 4.79 Å². The zero-order chi connectivity index (χ0) is 14.8. The molecular formula is C17H15ClO3. The predicted octanol–water partition coefficient (Wildman–Crippen LogP) is 4.47. The first-order valence-corrected chi connectivity index (χ1v) is 7.19. The molecule has 0 unspecified atom stereocenters. The molecule has 1 aliphatic rings. The molecule has 3 nitrogen and oxygen atoms in total. The molecule has 0 N–H and O–H groups in total. The highest BCUT2D eigenvalue weighted by Gasteiger charge is 2.31. The molecule has 0 saturated heterocycles. The Balaban J connectivity index is 1.92. The van der Waals surface area contributed by atoms with E-state index in [1.54, 1.807) is 0 Å². The van der Waals surface area contributed by atoms with Crippen molar-refractivity contribution in [1.82, 2.24) is 0 Å². The summed E-state index contributed by atoms with van der Waals surface area (Å²) in [5, 5.41) is 0.687. The lowest BCUT2D eigenvalue weighted by Crippen LogP contribution is -2.22. The number of hydrogen-bond donors (Lipinski definition) is 0. The molecular weight excluding hydrogens is 288 g/mol. The number of fused-ring (bicyclic) bond motifs is 1. The molecule has 2 aromatic carbocycles. The number of ether oxygens (including phenoxy) is 2. The molecule has 4 heteroatoms. The minimum Gasteiger partial charge on any atom is -0.485 e. The van der Waals surface area contributed by atoms with Gasteiger partial charge in [-0.25, -0.2) is 0 Å². The predicted molar refractivity (Wildman–Crippen MR) is 80.4 cm³/mol. The average molecular weight is 303 g/mol. The van der Waals surface area contributed by atoms with Crippen LogP contribution in [0.2, 0.25) is 5.02 Å². The van der Waals surface area contributed by atoms with Crippen LogP contribution in [0, 0.1) is 0 Å². The number of esters is 1. The normalized spacial score (nSPS) is 20.3. The van der Waals surface area contributed by atoms with E-state index >= 15 is 0 Å². The molecule has 108 valence electrons. The summed E-state index contributed by atoms with van der Waals surface area (Å²) in [5.74, 6) is 0.474. The average Bonchev–Trinajstić information content (AvgIpc) is 2.47. The van der Waals surface area contributed by atoms with E-state index < -0.39 is 0 Å². The van der Waals surface area contributed by atoms with Crippen LogP contribution in [-0.2, 0) is 9.53 Å². The van der Waals surface area contributed by atoms with Crippen LogP contribution in [0.15, 0.2) is 48.5 Å². The molecule has 1 aliphatic heterocycles. The van der Waals surface area contributed by atoms with Crippen LogP contribution >= 0.6 is 11.6 Å². The third kappa shape index (κ3) is 3.03. The second-order valence-electron chi connectivity index (χ2n) is 5.03. The third-order valence-corrected chi connectivity index (χ3v) is 3.77. The molecule has 3 rings (SSSR count). The van der Waals surface area contributed by atoms with Crippen LogP contribution in [0.3, 0.4) is 0 Å². The van der Waals surface area contributed by atoms with Crippen molar-refractivity contribution in [2.75, 3.05) is 0 Å². The summed E-state index contributed by atoms with van der Waals surface area (Å²) in [4.78, 5) is 11.3. The van der Waals surface area contributed by atoms with E-state index in [4.69, 9.17) is 21.1 Å². The van der Waals surface area contributed by atoms with Gasteiger partial charge >= 0.3 is 5.97 Å². The van der Waals surface area contributed by atoms with E-state index in [1.807, 2.05) is 48.5 Å². The van der Waals surface area contributed by atoms with Gasteiger partial charge in [0, 0.05) is 23.9 Å². The second kappa shape index (κ2) is 5.78. The highest BCUT2D eigenvalue weighted by molar-refractivity contribution is 6.30.